The van der Waals surface area contributed by atoms with Crippen molar-refractivity contribution in [3.05, 3.63) is 0 Å². The molecule has 0 saturated carbocycles. The van der Waals surface area contributed by atoms with Gasteiger partial charge in [0.2, 0.25) is 0 Å². The Morgan fingerprint density at radius 3 is 2.16 bits per heavy atom. The highest BCUT2D eigenvalue weighted by atomic mass is 19.4. The number of hydrogen-bond donors (Lipinski definition) is 1. The Bertz CT molecular complexity index is 219. The molecular weight excluding hydrogens is 253 g/mol. The Kier molecular flexibility index (Phi) is 9.44. The van der Waals surface area contributed by atoms with Gasteiger partial charge in [-0.25, -0.2) is 0 Å². The van der Waals surface area contributed by atoms with Crippen molar-refractivity contribution in [1.82, 2.24) is 10.2 Å². The van der Waals surface area contributed by atoms with Crippen LogP contribution in [0.3, 0.4) is 0 Å². The molecule has 19 heavy (non-hydrogen) atoms. The average Bonchev–Trinajstić information content (AvgIpc) is 2.33. The summed E-state index contributed by atoms with van der Waals surface area (Å²) in [5.74, 6) is 0. The van der Waals surface area contributed by atoms with Crippen LogP contribution in [0.25, 0.3) is 0 Å². The third-order valence-electron chi connectivity index (χ3n) is 3.45. The molecule has 0 bridgehead atoms. The largest absolute Gasteiger partial charge is 0.390 e. The highest BCUT2D eigenvalue weighted by Crippen LogP contribution is 2.21. The van der Waals surface area contributed by atoms with E-state index < -0.39 is 12.6 Å². The van der Waals surface area contributed by atoms with Crippen LogP contribution < -0.4 is 5.32 Å². The number of likely N-dealkylation sites (N-methyl/N-ethyl adjacent to an activating group) is 1. The van der Waals surface area contributed by atoms with Gasteiger partial charge >= 0.3 is 6.18 Å². The quantitative estimate of drug-likeness (QED) is 0.655. The second-order valence-corrected chi connectivity index (χ2v) is 5.17. The topological polar surface area (TPSA) is 15.3 Å². The van der Waals surface area contributed by atoms with E-state index in [1.807, 2.05) is 11.8 Å². The predicted octanol–water partition coefficient (Wildman–Crippen LogP) is 3.82. The molecule has 5 heteroatoms. The summed E-state index contributed by atoms with van der Waals surface area (Å²) in [7, 11) is 1.80. The Labute approximate surface area is 115 Å². The first-order valence-electron chi connectivity index (χ1n) is 7.36. The summed E-state index contributed by atoms with van der Waals surface area (Å²) in [5.41, 5.74) is 0. The summed E-state index contributed by atoms with van der Waals surface area (Å²) in [6, 6.07) is 0.460. The van der Waals surface area contributed by atoms with E-state index in [9.17, 15) is 13.2 Å². The monoisotopic (exact) mass is 282 g/mol. The minimum atomic E-state index is -4.07. The van der Waals surface area contributed by atoms with Gasteiger partial charge in [0.1, 0.15) is 0 Å². The zero-order valence-electron chi connectivity index (χ0n) is 12.7. The van der Waals surface area contributed by atoms with Gasteiger partial charge in [-0.2, -0.15) is 13.2 Å². The van der Waals surface area contributed by atoms with Crippen LogP contribution in [0.1, 0.15) is 52.9 Å². The molecule has 1 N–H and O–H groups in total. The molecule has 2 unspecified atom stereocenters. The maximum absolute atomic E-state index is 12.3. The van der Waals surface area contributed by atoms with Crippen LogP contribution in [0.15, 0.2) is 0 Å². The zero-order valence-corrected chi connectivity index (χ0v) is 12.7. The molecule has 0 aliphatic heterocycles. The molecule has 0 fully saturated rings. The van der Waals surface area contributed by atoms with Gasteiger partial charge < -0.3 is 10.2 Å². The van der Waals surface area contributed by atoms with E-state index in [-0.39, 0.29) is 18.6 Å². The first-order valence-corrected chi connectivity index (χ1v) is 7.36. The van der Waals surface area contributed by atoms with Gasteiger partial charge in [-0.05, 0) is 32.9 Å². The maximum Gasteiger partial charge on any atom is 0.390 e. The minimum absolute atomic E-state index is 0.0794. The molecule has 2 nitrogen and oxygen atoms in total. The molecule has 0 saturated heterocycles. The predicted molar refractivity (Wildman–Crippen MR) is 74.4 cm³/mol. The zero-order chi connectivity index (χ0) is 14.9. The van der Waals surface area contributed by atoms with E-state index in [0.29, 0.717) is 0 Å². The third-order valence-corrected chi connectivity index (χ3v) is 3.45. The van der Waals surface area contributed by atoms with E-state index in [4.69, 9.17) is 0 Å². The summed E-state index contributed by atoms with van der Waals surface area (Å²) in [5, 5.41) is 3.48. The lowest BCUT2D eigenvalue weighted by molar-refractivity contribution is -0.138. The van der Waals surface area contributed by atoms with Crippen LogP contribution >= 0.6 is 0 Å². The molecule has 0 heterocycles. The van der Waals surface area contributed by atoms with Crippen molar-refractivity contribution in [2.24, 2.45) is 0 Å². The number of hydrogen-bond acceptors (Lipinski definition) is 2. The molecule has 0 aliphatic rings. The highest BCUT2D eigenvalue weighted by molar-refractivity contribution is 4.82. The summed E-state index contributed by atoms with van der Waals surface area (Å²) >= 11 is 0. The lowest BCUT2D eigenvalue weighted by Crippen LogP contribution is -2.49. The molecule has 0 aromatic carbocycles. The smallest absolute Gasteiger partial charge is 0.312 e. The SMILES string of the molecule is CCCNC(CCC)C(CC)N(C)CCC(F)(F)F. The normalized spacial score (nSPS) is 15.8. The average molecular weight is 282 g/mol. The molecule has 0 amide bonds. The summed E-state index contributed by atoms with van der Waals surface area (Å²) in [6.07, 6.45) is -0.825. The molecule has 0 aromatic heterocycles. The standard InChI is InChI=1S/C14H29F3N2/c1-5-8-12(18-10-6-2)13(7-3)19(4)11-9-14(15,16)17/h12-13,18H,5-11H2,1-4H3. The molecule has 0 spiro atoms. The van der Waals surface area contributed by atoms with Crippen LogP contribution in [-0.4, -0.2) is 43.3 Å². The number of rotatable bonds is 10. The van der Waals surface area contributed by atoms with Gasteiger partial charge in [0.05, 0.1) is 6.42 Å². The van der Waals surface area contributed by atoms with Gasteiger partial charge in [-0.1, -0.05) is 27.2 Å². The van der Waals surface area contributed by atoms with Crippen LogP contribution in [0, 0.1) is 0 Å². The first-order chi connectivity index (χ1) is 8.85. The second-order valence-electron chi connectivity index (χ2n) is 5.17. The molecule has 0 aliphatic carbocycles. The van der Waals surface area contributed by atoms with E-state index in [0.717, 1.165) is 32.2 Å². The molecule has 0 rings (SSSR count). The summed E-state index contributed by atoms with van der Waals surface area (Å²) in [4.78, 5) is 1.86. The van der Waals surface area contributed by atoms with Crippen LogP contribution in [0.5, 0.6) is 0 Å². The fourth-order valence-electron chi connectivity index (χ4n) is 2.44. The van der Waals surface area contributed by atoms with Crippen molar-refractivity contribution < 1.29 is 13.2 Å². The van der Waals surface area contributed by atoms with E-state index in [2.05, 4.69) is 19.2 Å². The Morgan fingerprint density at radius 1 is 1.11 bits per heavy atom. The summed E-state index contributed by atoms with van der Waals surface area (Å²) in [6.45, 7) is 7.27. The number of halogens is 3. The molecule has 0 aromatic rings. The van der Waals surface area contributed by atoms with Gasteiger partial charge in [-0.15, -0.1) is 0 Å². The Balaban J connectivity index is 4.45. The number of nitrogens with one attached hydrogen (secondary N) is 1. The van der Waals surface area contributed by atoms with Crippen LogP contribution in [0.2, 0.25) is 0 Å². The van der Waals surface area contributed by atoms with E-state index in [1.165, 1.54) is 0 Å². The maximum atomic E-state index is 12.3. The van der Waals surface area contributed by atoms with E-state index in [1.54, 1.807) is 7.05 Å². The first kappa shape index (κ1) is 18.7. The van der Waals surface area contributed by atoms with Crippen molar-refractivity contribution in [3.8, 4) is 0 Å². The van der Waals surface area contributed by atoms with Gasteiger partial charge in [0.15, 0.2) is 0 Å². The summed E-state index contributed by atoms with van der Waals surface area (Å²) < 4.78 is 36.9. The van der Waals surface area contributed by atoms with Crippen molar-refractivity contribution >= 4 is 0 Å². The van der Waals surface area contributed by atoms with Crippen molar-refractivity contribution in [1.29, 1.82) is 0 Å². The molecule has 2 atom stereocenters. The Morgan fingerprint density at radius 2 is 1.74 bits per heavy atom. The highest BCUT2D eigenvalue weighted by Gasteiger charge is 2.30. The van der Waals surface area contributed by atoms with Crippen molar-refractivity contribution in [2.75, 3.05) is 20.1 Å². The van der Waals surface area contributed by atoms with Crippen LogP contribution in [0.4, 0.5) is 13.2 Å². The van der Waals surface area contributed by atoms with Crippen molar-refractivity contribution in [2.45, 2.75) is 71.1 Å². The second kappa shape index (κ2) is 9.59. The fraction of sp³-hybridized carbons (Fsp3) is 1.00. The fourth-order valence-corrected chi connectivity index (χ4v) is 2.44. The van der Waals surface area contributed by atoms with Gasteiger partial charge in [-0.3, -0.25) is 0 Å². The lowest BCUT2D eigenvalue weighted by atomic mass is 9.99. The number of alkyl halides is 3. The van der Waals surface area contributed by atoms with Crippen LogP contribution in [-0.2, 0) is 0 Å². The van der Waals surface area contributed by atoms with E-state index >= 15 is 0 Å². The number of nitrogens with zero attached hydrogens (tertiary/aromatic N) is 1. The Hall–Kier alpha value is -0.290. The minimum Gasteiger partial charge on any atom is -0.312 e. The van der Waals surface area contributed by atoms with Gasteiger partial charge in [0.25, 0.3) is 0 Å². The molecule has 116 valence electrons. The van der Waals surface area contributed by atoms with Gasteiger partial charge in [0, 0.05) is 18.6 Å². The third kappa shape index (κ3) is 8.47. The molecular formula is C14H29F3N2. The molecule has 0 radical (unpaired) electrons. The van der Waals surface area contributed by atoms with Crippen molar-refractivity contribution in [3.63, 3.8) is 0 Å². The lowest BCUT2D eigenvalue weighted by Gasteiger charge is -2.35.